The Balaban J connectivity index is 1.47. The highest BCUT2D eigenvalue weighted by Gasteiger charge is 2.22. The van der Waals surface area contributed by atoms with Crippen LogP contribution in [0.3, 0.4) is 0 Å². The second kappa shape index (κ2) is 11.0. The van der Waals surface area contributed by atoms with Crippen molar-refractivity contribution >= 4 is 34.9 Å². The number of ether oxygens (including phenoxy) is 1. The van der Waals surface area contributed by atoms with Gasteiger partial charge >= 0.3 is 0 Å². The van der Waals surface area contributed by atoms with Crippen molar-refractivity contribution in [1.29, 1.82) is 0 Å². The van der Waals surface area contributed by atoms with Gasteiger partial charge in [-0.15, -0.1) is 0 Å². The molecule has 0 spiro atoms. The number of hydrogen-bond acceptors (Lipinski definition) is 6. The zero-order valence-electron chi connectivity index (χ0n) is 20.0. The van der Waals surface area contributed by atoms with Crippen molar-refractivity contribution in [3.8, 4) is 5.75 Å². The number of hydrogen-bond donors (Lipinski definition) is 2. The number of piperidine rings is 2. The molecule has 33 heavy (non-hydrogen) atoms. The number of thiocarbonyl (C=S) groups is 1. The van der Waals surface area contributed by atoms with Crippen molar-refractivity contribution < 1.29 is 4.74 Å². The van der Waals surface area contributed by atoms with Crippen molar-refractivity contribution in [3.05, 3.63) is 35.9 Å². The van der Waals surface area contributed by atoms with Crippen LogP contribution < -0.4 is 25.2 Å². The van der Waals surface area contributed by atoms with Crippen LogP contribution in [0.25, 0.3) is 0 Å². The fraction of sp³-hybridized carbons (Fsp3) is 0.560. The number of methoxy groups -OCH3 is 1. The van der Waals surface area contributed by atoms with Crippen molar-refractivity contribution in [2.75, 3.05) is 48.4 Å². The molecule has 0 bridgehead atoms. The molecular weight excluding hydrogens is 432 g/mol. The Morgan fingerprint density at radius 1 is 1.00 bits per heavy atom. The second-order valence-corrected chi connectivity index (χ2v) is 9.83. The van der Waals surface area contributed by atoms with Gasteiger partial charge in [0.1, 0.15) is 17.4 Å². The molecule has 2 N–H and O–H groups in total. The number of rotatable bonds is 6. The molecule has 0 aliphatic carbocycles. The topological polar surface area (TPSA) is 65.6 Å². The maximum Gasteiger partial charge on any atom is 0.232 e. The summed E-state index contributed by atoms with van der Waals surface area (Å²) in [7, 11) is 1.67. The minimum absolute atomic E-state index is 0.521. The molecule has 1 unspecified atom stereocenters. The zero-order valence-corrected chi connectivity index (χ0v) is 20.8. The highest BCUT2D eigenvalue weighted by atomic mass is 32.1. The summed E-state index contributed by atoms with van der Waals surface area (Å²) in [5, 5.41) is 7.02. The van der Waals surface area contributed by atoms with E-state index < -0.39 is 0 Å². The number of benzene rings is 1. The molecule has 4 rings (SSSR count). The van der Waals surface area contributed by atoms with Crippen LogP contribution in [0.1, 0.15) is 45.1 Å². The smallest absolute Gasteiger partial charge is 0.232 e. The normalized spacial score (nSPS) is 19.3. The summed E-state index contributed by atoms with van der Waals surface area (Å²) < 4.78 is 5.23. The van der Waals surface area contributed by atoms with Gasteiger partial charge in [0.15, 0.2) is 5.11 Å². The number of nitrogens with zero attached hydrogens (tertiary/aromatic N) is 4. The maximum absolute atomic E-state index is 5.56. The molecule has 0 saturated carbocycles. The van der Waals surface area contributed by atoms with E-state index in [0.717, 1.165) is 55.0 Å². The van der Waals surface area contributed by atoms with Crippen LogP contribution in [-0.2, 0) is 6.54 Å². The van der Waals surface area contributed by atoms with E-state index in [0.29, 0.717) is 23.5 Å². The van der Waals surface area contributed by atoms with Gasteiger partial charge in [0, 0.05) is 38.8 Å². The van der Waals surface area contributed by atoms with Gasteiger partial charge in [-0.3, -0.25) is 0 Å². The highest BCUT2D eigenvalue weighted by Crippen LogP contribution is 2.28. The first-order chi connectivity index (χ1) is 16.0. The summed E-state index contributed by atoms with van der Waals surface area (Å²) in [4.78, 5) is 14.5. The van der Waals surface area contributed by atoms with E-state index in [4.69, 9.17) is 26.9 Å². The molecule has 2 saturated heterocycles. The predicted octanol–water partition coefficient (Wildman–Crippen LogP) is 4.44. The molecule has 2 fully saturated rings. The number of nitrogens with one attached hydrogen (secondary N) is 2. The first kappa shape index (κ1) is 23.5. The Hall–Kier alpha value is -2.61. The minimum Gasteiger partial charge on any atom is -0.497 e. The molecule has 2 aromatic rings. The monoisotopic (exact) mass is 468 g/mol. The fourth-order valence-electron chi connectivity index (χ4n) is 4.51. The summed E-state index contributed by atoms with van der Waals surface area (Å²) in [5.41, 5.74) is 1.13. The number of anilines is 3. The zero-order chi connectivity index (χ0) is 23.2. The second-order valence-electron chi connectivity index (χ2n) is 9.43. The Morgan fingerprint density at radius 2 is 1.70 bits per heavy atom. The molecule has 178 valence electrons. The van der Waals surface area contributed by atoms with Crippen LogP contribution in [0.5, 0.6) is 5.75 Å². The van der Waals surface area contributed by atoms with E-state index in [2.05, 4.69) is 40.3 Å². The van der Waals surface area contributed by atoms with Gasteiger partial charge < -0.3 is 25.2 Å². The first-order valence-corrected chi connectivity index (χ1v) is 12.5. The quantitative estimate of drug-likeness (QED) is 0.603. The van der Waals surface area contributed by atoms with Gasteiger partial charge in [0.2, 0.25) is 5.95 Å². The molecule has 1 atom stereocenters. The third-order valence-corrected chi connectivity index (χ3v) is 6.87. The Morgan fingerprint density at radius 3 is 2.36 bits per heavy atom. The third-order valence-electron chi connectivity index (χ3n) is 6.63. The van der Waals surface area contributed by atoms with Crippen molar-refractivity contribution in [3.63, 3.8) is 0 Å². The molecular formula is C25H36N6OS. The molecule has 0 radical (unpaired) electrons. The molecule has 1 aromatic carbocycles. The van der Waals surface area contributed by atoms with Gasteiger partial charge in [-0.05, 0) is 67.4 Å². The summed E-state index contributed by atoms with van der Waals surface area (Å²) >= 11 is 5.56. The van der Waals surface area contributed by atoms with E-state index in [1.807, 2.05) is 24.3 Å². The van der Waals surface area contributed by atoms with Crippen LogP contribution in [-0.4, -0.2) is 48.4 Å². The van der Waals surface area contributed by atoms with Crippen molar-refractivity contribution in [2.45, 2.75) is 46.1 Å². The van der Waals surface area contributed by atoms with Gasteiger partial charge in [-0.2, -0.15) is 9.97 Å². The molecule has 3 heterocycles. The molecule has 2 aliphatic heterocycles. The minimum atomic E-state index is 0.521. The molecule has 0 amide bonds. The van der Waals surface area contributed by atoms with E-state index in [1.54, 1.807) is 7.11 Å². The van der Waals surface area contributed by atoms with E-state index in [1.165, 1.54) is 25.7 Å². The first-order valence-electron chi connectivity index (χ1n) is 12.1. The SMILES string of the molecule is COc1ccc(CNC(=S)Nc2nc(N3CCC(C)CC3)cc(N3CCCC(C)C3)n2)cc1. The summed E-state index contributed by atoms with van der Waals surface area (Å²) in [6.07, 6.45) is 4.88. The Bertz CT molecular complexity index is 929. The van der Waals surface area contributed by atoms with Crippen LogP contribution in [0, 0.1) is 11.8 Å². The molecule has 7 nitrogen and oxygen atoms in total. The van der Waals surface area contributed by atoms with Gasteiger partial charge in [-0.25, -0.2) is 0 Å². The van der Waals surface area contributed by atoms with E-state index >= 15 is 0 Å². The van der Waals surface area contributed by atoms with E-state index in [9.17, 15) is 0 Å². The summed E-state index contributed by atoms with van der Waals surface area (Å²) in [5.74, 6) is 4.84. The van der Waals surface area contributed by atoms with Crippen LogP contribution in [0.4, 0.5) is 17.6 Å². The molecule has 1 aromatic heterocycles. The predicted molar refractivity (Wildman–Crippen MR) is 139 cm³/mol. The van der Waals surface area contributed by atoms with Gasteiger partial charge in [-0.1, -0.05) is 26.0 Å². The Labute approximate surface area is 202 Å². The third kappa shape index (κ3) is 6.47. The lowest BCUT2D eigenvalue weighted by molar-refractivity contribution is 0.414. The fourth-order valence-corrected chi connectivity index (χ4v) is 4.67. The summed E-state index contributed by atoms with van der Waals surface area (Å²) in [6, 6.07) is 10.1. The molecule has 8 heteroatoms. The number of aromatic nitrogens is 2. The van der Waals surface area contributed by atoms with Crippen LogP contribution in [0.15, 0.2) is 30.3 Å². The van der Waals surface area contributed by atoms with E-state index in [-0.39, 0.29) is 0 Å². The van der Waals surface area contributed by atoms with Gasteiger partial charge in [0.05, 0.1) is 7.11 Å². The lowest BCUT2D eigenvalue weighted by Gasteiger charge is -2.34. The lowest BCUT2D eigenvalue weighted by Crippen LogP contribution is -2.37. The average molecular weight is 469 g/mol. The average Bonchev–Trinajstić information content (AvgIpc) is 2.83. The maximum atomic E-state index is 5.56. The van der Waals surface area contributed by atoms with Gasteiger partial charge in [0.25, 0.3) is 0 Å². The van der Waals surface area contributed by atoms with Crippen molar-refractivity contribution in [2.24, 2.45) is 11.8 Å². The highest BCUT2D eigenvalue weighted by molar-refractivity contribution is 7.80. The largest absolute Gasteiger partial charge is 0.497 e. The Kier molecular flexibility index (Phi) is 7.85. The van der Waals surface area contributed by atoms with Crippen LogP contribution in [0.2, 0.25) is 0 Å². The standard InChI is InChI=1S/C25H36N6OS/c1-18-10-13-30(14-11-18)22-15-23(31-12-4-5-19(2)17-31)28-24(27-22)29-25(33)26-16-20-6-8-21(32-3)9-7-20/h6-9,15,18-19H,4-5,10-14,16-17H2,1-3H3,(H2,26,27,28,29,33). The van der Waals surface area contributed by atoms with Crippen molar-refractivity contribution in [1.82, 2.24) is 15.3 Å². The lowest BCUT2D eigenvalue weighted by atomic mass is 9.99. The molecule has 2 aliphatic rings. The van der Waals surface area contributed by atoms with Crippen LogP contribution >= 0.6 is 12.2 Å². The summed E-state index contributed by atoms with van der Waals surface area (Å²) in [6.45, 7) is 9.41.